The number of aryl methyl sites for hydroxylation is 2. The number of likely N-dealkylation sites (tertiary alicyclic amines) is 1. The highest BCUT2D eigenvalue weighted by atomic mass is 32.1. The minimum Gasteiger partial charge on any atom is -0.504 e. The third-order valence-corrected chi connectivity index (χ3v) is 8.33. The van der Waals surface area contributed by atoms with Crippen LogP contribution in [0.3, 0.4) is 0 Å². The summed E-state index contributed by atoms with van der Waals surface area (Å²) in [5.74, 6) is -4.03. The van der Waals surface area contributed by atoms with Crippen LogP contribution in [0.25, 0.3) is 0 Å². The Morgan fingerprint density at radius 2 is 1.84 bits per heavy atom. The van der Waals surface area contributed by atoms with E-state index in [4.69, 9.17) is 0 Å². The van der Waals surface area contributed by atoms with Crippen LogP contribution in [0, 0.1) is 12.3 Å². The Kier molecular flexibility index (Phi) is 6.05. The number of carbonyl (C=O) groups is 1. The standard InChI is InChI=1S/C25H27F2N5O4S/c1-12-29-14-4-6-24(2,3)22(21(14)37-12)31-16-15(19(34)20(16)35)30-13-5-9-28-17(18(13)33)23(36)32-10-7-25(26,27)8-11-32/h5,9,22,31,33H,4,6-8,10-11H2,1-3H3,(H,28,30). The van der Waals surface area contributed by atoms with Crippen LogP contribution < -0.4 is 21.5 Å². The molecule has 1 saturated heterocycles. The van der Waals surface area contributed by atoms with Crippen LogP contribution in [0.4, 0.5) is 25.8 Å². The Morgan fingerprint density at radius 3 is 2.54 bits per heavy atom. The van der Waals surface area contributed by atoms with Crippen molar-refractivity contribution in [2.45, 2.75) is 58.4 Å². The fourth-order valence-corrected chi connectivity index (χ4v) is 6.15. The molecule has 1 fully saturated rings. The summed E-state index contributed by atoms with van der Waals surface area (Å²) in [6, 6.07) is 1.12. The van der Waals surface area contributed by atoms with Crippen molar-refractivity contribution < 1.29 is 18.7 Å². The van der Waals surface area contributed by atoms with Gasteiger partial charge in [-0.3, -0.25) is 14.4 Å². The number of rotatable bonds is 5. The first-order valence-corrected chi connectivity index (χ1v) is 12.9. The predicted octanol–water partition coefficient (Wildman–Crippen LogP) is 3.89. The van der Waals surface area contributed by atoms with Crippen molar-refractivity contribution in [3.63, 3.8) is 0 Å². The number of aromatic nitrogens is 2. The summed E-state index contributed by atoms with van der Waals surface area (Å²) in [4.78, 5) is 48.7. The number of thiazole rings is 1. The average Bonchev–Trinajstić information content (AvgIpc) is 3.22. The molecule has 1 aromatic carbocycles. The summed E-state index contributed by atoms with van der Waals surface area (Å²) in [5, 5.41) is 17.7. The lowest BCUT2D eigenvalue weighted by Gasteiger charge is -2.39. The maximum Gasteiger partial charge on any atom is 0.276 e. The minimum atomic E-state index is -2.83. The maximum atomic E-state index is 13.5. The van der Waals surface area contributed by atoms with Gasteiger partial charge in [0.1, 0.15) is 11.4 Å². The number of amides is 1. The quantitative estimate of drug-likeness (QED) is 0.424. The molecule has 0 saturated carbocycles. The van der Waals surface area contributed by atoms with E-state index in [9.17, 15) is 28.3 Å². The van der Waals surface area contributed by atoms with Gasteiger partial charge in [0.15, 0.2) is 11.4 Å². The molecule has 1 atom stereocenters. The van der Waals surface area contributed by atoms with Gasteiger partial charge in [0, 0.05) is 32.1 Å². The van der Waals surface area contributed by atoms with Gasteiger partial charge >= 0.3 is 0 Å². The molecule has 1 aliphatic heterocycles. The zero-order valence-electron chi connectivity index (χ0n) is 20.7. The predicted molar refractivity (Wildman–Crippen MR) is 136 cm³/mol. The number of piperidine rings is 1. The first kappa shape index (κ1) is 25.2. The smallest absolute Gasteiger partial charge is 0.276 e. The van der Waals surface area contributed by atoms with Crippen LogP contribution in [0.15, 0.2) is 21.9 Å². The molecular weight excluding hydrogens is 504 g/mol. The van der Waals surface area contributed by atoms with Gasteiger partial charge in [-0.25, -0.2) is 18.7 Å². The molecule has 12 heteroatoms. The van der Waals surface area contributed by atoms with E-state index < -0.39 is 41.3 Å². The van der Waals surface area contributed by atoms with Gasteiger partial charge in [0.25, 0.3) is 22.7 Å². The fourth-order valence-electron chi connectivity index (χ4n) is 4.92. The zero-order chi connectivity index (χ0) is 26.7. The molecule has 0 radical (unpaired) electrons. The van der Waals surface area contributed by atoms with Crippen LogP contribution in [0.5, 0.6) is 5.75 Å². The summed E-state index contributed by atoms with van der Waals surface area (Å²) in [6.07, 6.45) is 2.02. The van der Waals surface area contributed by atoms with E-state index in [1.54, 1.807) is 11.3 Å². The van der Waals surface area contributed by atoms with Crippen molar-refractivity contribution in [3.8, 4) is 5.75 Å². The Hall–Kier alpha value is -3.41. The van der Waals surface area contributed by atoms with Crippen LogP contribution >= 0.6 is 11.3 Å². The first-order chi connectivity index (χ1) is 17.4. The minimum absolute atomic E-state index is 0.00747. The average molecular weight is 532 g/mol. The highest BCUT2D eigenvalue weighted by Gasteiger charge is 2.40. The molecule has 196 valence electrons. The van der Waals surface area contributed by atoms with Crippen LogP contribution in [-0.4, -0.2) is 44.9 Å². The molecule has 1 unspecified atom stereocenters. The monoisotopic (exact) mass is 531 g/mol. The van der Waals surface area contributed by atoms with Gasteiger partial charge in [0.05, 0.1) is 27.3 Å². The summed E-state index contributed by atoms with van der Waals surface area (Å²) in [6.45, 7) is 5.78. The highest BCUT2D eigenvalue weighted by Crippen LogP contribution is 2.47. The molecule has 0 bridgehead atoms. The summed E-state index contributed by atoms with van der Waals surface area (Å²) in [7, 11) is 0. The number of hydrogen-bond donors (Lipinski definition) is 3. The fraction of sp³-hybridized carbons (Fsp3) is 0.480. The second-order valence-electron chi connectivity index (χ2n) is 10.3. The molecule has 9 nitrogen and oxygen atoms in total. The van der Waals surface area contributed by atoms with Gasteiger partial charge in [-0.2, -0.15) is 0 Å². The van der Waals surface area contributed by atoms with Crippen molar-refractivity contribution in [2.75, 3.05) is 23.7 Å². The van der Waals surface area contributed by atoms with Crippen LogP contribution in [0.2, 0.25) is 0 Å². The molecule has 1 aliphatic carbocycles. The number of carbonyl (C=O) groups excluding carboxylic acids is 1. The molecule has 3 aromatic rings. The number of anilines is 3. The Morgan fingerprint density at radius 1 is 1.16 bits per heavy atom. The van der Waals surface area contributed by atoms with Crippen molar-refractivity contribution in [3.05, 3.63) is 54.0 Å². The van der Waals surface area contributed by atoms with E-state index in [0.29, 0.717) is 0 Å². The van der Waals surface area contributed by atoms with E-state index in [2.05, 4.69) is 34.4 Å². The van der Waals surface area contributed by atoms with Crippen molar-refractivity contribution >= 4 is 34.3 Å². The van der Waals surface area contributed by atoms with E-state index in [1.807, 2.05) is 6.92 Å². The van der Waals surface area contributed by atoms with E-state index in [1.165, 1.54) is 17.2 Å². The lowest BCUT2D eigenvalue weighted by atomic mass is 9.74. The molecule has 37 heavy (non-hydrogen) atoms. The molecule has 2 aromatic heterocycles. The number of hydrogen-bond acceptors (Lipinski definition) is 9. The molecule has 3 heterocycles. The first-order valence-electron chi connectivity index (χ1n) is 12.1. The number of pyridine rings is 1. The maximum absolute atomic E-state index is 13.5. The van der Waals surface area contributed by atoms with E-state index >= 15 is 0 Å². The second-order valence-corrected chi connectivity index (χ2v) is 11.6. The Bertz CT molecular complexity index is 1450. The van der Waals surface area contributed by atoms with Crippen LogP contribution in [-0.2, 0) is 6.42 Å². The number of nitrogens with one attached hydrogen (secondary N) is 2. The third-order valence-electron chi connectivity index (χ3n) is 7.25. The normalized spacial score (nSPS) is 20.5. The Labute approximate surface area is 215 Å². The number of halogens is 2. The summed E-state index contributed by atoms with van der Waals surface area (Å²) in [5.41, 5.74) is -0.888. The largest absolute Gasteiger partial charge is 0.504 e. The van der Waals surface area contributed by atoms with Gasteiger partial charge in [-0.1, -0.05) is 13.8 Å². The molecule has 3 N–H and O–H groups in total. The molecular formula is C25H27F2N5O4S. The van der Waals surface area contributed by atoms with Gasteiger partial charge in [0.2, 0.25) is 0 Å². The number of nitrogens with zero attached hydrogens (tertiary/aromatic N) is 3. The lowest BCUT2D eigenvalue weighted by Crippen LogP contribution is -2.43. The molecule has 1 amide bonds. The Balaban J connectivity index is 1.40. The van der Waals surface area contributed by atoms with Gasteiger partial charge < -0.3 is 20.6 Å². The molecule has 0 spiro atoms. The van der Waals surface area contributed by atoms with Gasteiger partial charge in [-0.05, 0) is 31.2 Å². The van der Waals surface area contributed by atoms with Crippen LogP contribution in [0.1, 0.15) is 65.2 Å². The third kappa shape index (κ3) is 4.47. The van der Waals surface area contributed by atoms with Gasteiger partial charge in [-0.15, -0.1) is 11.3 Å². The van der Waals surface area contributed by atoms with E-state index in [0.717, 1.165) is 28.4 Å². The summed E-state index contributed by atoms with van der Waals surface area (Å²) < 4.78 is 27.0. The molecule has 2 aliphatic rings. The summed E-state index contributed by atoms with van der Waals surface area (Å²) >= 11 is 1.56. The number of alkyl halides is 2. The van der Waals surface area contributed by atoms with Crippen molar-refractivity contribution in [1.82, 2.24) is 14.9 Å². The SMILES string of the molecule is Cc1nc2c(s1)C(Nc1c(Nc3ccnc(C(=O)N4CCC(F)(F)CC4)c3O)c(=O)c1=O)C(C)(C)CC2. The topological polar surface area (TPSA) is 125 Å². The van der Waals surface area contributed by atoms with Crippen molar-refractivity contribution in [2.24, 2.45) is 5.41 Å². The highest BCUT2D eigenvalue weighted by molar-refractivity contribution is 7.11. The number of aromatic hydroxyl groups is 1. The lowest BCUT2D eigenvalue weighted by molar-refractivity contribution is -0.0495. The van der Waals surface area contributed by atoms with E-state index in [-0.39, 0.29) is 47.3 Å². The molecule has 5 rings (SSSR count). The second kappa shape index (κ2) is 8.86. The van der Waals surface area contributed by atoms with Crippen molar-refractivity contribution in [1.29, 1.82) is 0 Å². The number of fused-ring (bicyclic) bond motifs is 1. The zero-order valence-corrected chi connectivity index (χ0v) is 21.5.